The molecule has 0 radical (unpaired) electrons. The van der Waals surface area contributed by atoms with Crippen LogP contribution < -0.4 is 10.5 Å². The molecule has 2 aromatic heterocycles. The highest BCUT2D eigenvalue weighted by atomic mass is 32.2. The second-order valence-corrected chi connectivity index (χ2v) is 19.6. The Balaban J connectivity index is 0.000000208. The van der Waals surface area contributed by atoms with Gasteiger partial charge in [0.2, 0.25) is 10.0 Å². The van der Waals surface area contributed by atoms with Crippen LogP contribution in [0.15, 0.2) is 154 Å². The summed E-state index contributed by atoms with van der Waals surface area (Å²) in [6.07, 6.45) is 8.35. The van der Waals surface area contributed by atoms with Gasteiger partial charge < -0.3 is 24.4 Å². The van der Waals surface area contributed by atoms with Crippen molar-refractivity contribution in [1.29, 1.82) is 0 Å². The van der Waals surface area contributed by atoms with Crippen molar-refractivity contribution >= 4 is 44.4 Å². The smallest absolute Gasteiger partial charge is 0.253 e. The van der Waals surface area contributed by atoms with Crippen molar-refractivity contribution in [3.63, 3.8) is 0 Å². The number of likely N-dealkylation sites (tertiary alicyclic amines) is 2. The number of nitrogens with two attached hydrogens (primary N) is 1. The second kappa shape index (κ2) is 24.2. The predicted molar refractivity (Wildman–Crippen MR) is 282 cm³/mol. The van der Waals surface area contributed by atoms with E-state index in [1.54, 1.807) is 18.6 Å². The number of piperidine rings is 2. The van der Waals surface area contributed by atoms with Gasteiger partial charge in [0.05, 0.1) is 31.9 Å². The van der Waals surface area contributed by atoms with Gasteiger partial charge in [-0.1, -0.05) is 59.7 Å². The average molecular weight is 965 g/mol. The van der Waals surface area contributed by atoms with Crippen LogP contribution in [0.2, 0.25) is 0 Å². The van der Waals surface area contributed by atoms with Crippen LogP contribution in [-0.4, -0.2) is 98.4 Å². The zero-order valence-corrected chi connectivity index (χ0v) is 42.1. The summed E-state index contributed by atoms with van der Waals surface area (Å²) >= 11 is 0. The number of nitrogens with one attached hydrogen (secondary N) is 1. The molecule has 3 N–H and O–H groups in total. The fourth-order valence-corrected chi connectivity index (χ4v) is 10.0. The maximum absolute atomic E-state index is 12.8. The maximum atomic E-state index is 12.8. The number of carbonyl (C=O) groups is 2. The van der Waals surface area contributed by atoms with Gasteiger partial charge in [-0.3, -0.25) is 24.1 Å². The van der Waals surface area contributed by atoms with E-state index >= 15 is 0 Å². The van der Waals surface area contributed by atoms with E-state index in [4.69, 9.17) is 14.6 Å². The van der Waals surface area contributed by atoms with Crippen LogP contribution in [0, 0.1) is 0 Å². The number of hydrogen-bond acceptors (Lipinski definition) is 9. The van der Waals surface area contributed by atoms with E-state index in [1.807, 2.05) is 135 Å². The Kier molecular flexibility index (Phi) is 17.7. The van der Waals surface area contributed by atoms with Crippen molar-refractivity contribution in [2.45, 2.75) is 66.5 Å². The largest absolute Gasteiger partial charge is 0.468 e. The normalized spacial score (nSPS) is 14.4. The molecular formula is C57H68N6O6S. The van der Waals surface area contributed by atoms with E-state index in [1.165, 1.54) is 16.7 Å². The van der Waals surface area contributed by atoms with Crippen molar-refractivity contribution < 1.29 is 26.8 Å². The first-order chi connectivity index (χ1) is 33.9. The molecule has 0 saturated carbocycles. The van der Waals surface area contributed by atoms with Gasteiger partial charge in [-0.2, -0.15) is 0 Å². The summed E-state index contributed by atoms with van der Waals surface area (Å²) in [6, 6.07) is 39.4. The lowest BCUT2D eigenvalue weighted by atomic mass is 9.88. The summed E-state index contributed by atoms with van der Waals surface area (Å²) in [5, 5.41) is 0. The molecule has 0 atom stereocenters. The minimum atomic E-state index is -3.39. The minimum Gasteiger partial charge on any atom is -0.468 e. The van der Waals surface area contributed by atoms with E-state index in [2.05, 4.69) is 32.7 Å². The summed E-state index contributed by atoms with van der Waals surface area (Å²) in [6.45, 7) is 16.1. The molecule has 8 rings (SSSR count). The molecule has 2 aliphatic rings. The lowest BCUT2D eigenvalue weighted by molar-refractivity contribution is 0.0765. The van der Waals surface area contributed by atoms with Crippen LogP contribution >= 0.6 is 0 Å². The second-order valence-electron chi connectivity index (χ2n) is 17.9. The third kappa shape index (κ3) is 13.6. The summed E-state index contributed by atoms with van der Waals surface area (Å²) in [5.41, 5.74) is 18.1. The number of nitrogen functional groups attached to an aromatic ring is 1. The summed E-state index contributed by atoms with van der Waals surface area (Å²) in [7, 11) is -3.39. The number of nitrogens with zero attached hydrogens (tertiary/aromatic N) is 4. The van der Waals surface area contributed by atoms with E-state index in [-0.39, 0.29) is 11.8 Å². The molecule has 368 valence electrons. The molecule has 70 heavy (non-hydrogen) atoms. The van der Waals surface area contributed by atoms with Gasteiger partial charge in [-0.25, -0.2) is 8.42 Å². The van der Waals surface area contributed by atoms with Gasteiger partial charge in [-0.05, 0) is 160 Å². The Hall–Kier alpha value is -6.67. The van der Waals surface area contributed by atoms with Gasteiger partial charge in [0.25, 0.3) is 11.8 Å². The Morgan fingerprint density at radius 3 is 1.31 bits per heavy atom. The number of carbonyl (C=O) groups excluding carboxylic acids is 2. The number of anilines is 2. The third-order valence-electron chi connectivity index (χ3n) is 13.1. The number of hydrogen-bond donors (Lipinski definition) is 2. The van der Waals surface area contributed by atoms with E-state index in [0.29, 0.717) is 37.4 Å². The van der Waals surface area contributed by atoms with Crippen molar-refractivity contribution in [1.82, 2.24) is 19.6 Å². The quantitative estimate of drug-likeness (QED) is 0.0905. The molecule has 4 heterocycles. The van der Waals surface area contributed by atoms with E-state index < -0.39 is 10.0 Å². The zero-order valence-electron chi connectivity index (χ0n) is 41.3. The van der Waals surface area contributed by atoms with Crippen LogP contribution in [0.5, 0.6) is 0 Å². The molecule has 2 saturated heterocycles. The highest BCUT2D eigenvalue weighted by molar-refractivity contribution is 7.92. The van der Waals surface area contributed by atoms with Crippen LogP contribution in [0.4, 0.5) is 11.4 Å². The van der Waals surface area contributed by atoms with Gasteiger partial charge in [0, 0.05) is 74.9 Å². The van der Waals surface area contributed by atoms with E-state index in [9.17, 15) is 18.0 Å². The minimum absolute atomic E-state index is 0.0244. The van der Waals surface area contributed by atoms with Crippen LogP contribution in [-0.2, 0) is 23.1 Å². The number of furan rings is 2. The van der Waals surface area contributed by atoms with Crippen molar-refractivity contribution in [3.8, 4) is 0 Å². The number of benzene rings is 4. The molecule has 12 nitrogen and oxygen atoms in total. The molecule has 0 aliphatic carbocycles. The first-order valence-electron chi connectivity index (χ1n) is 24.5. The molecule has 6 aromatic rings. The summed E-state index contributed by atoms with van der Waals surface area (Å²) < 4.78 is 37.4. The van der Waals surface area contributed by atoms with Gasteiger partial charge in [0.15, 0.2) is 0 Å². The van der Waals surface area contributed by atoms with Crippen LogP contribution in [0.1, 0.15) is 108 Å². The molecule has 4 aromatic carbocycles. The van der Waals surface area contributed by atoms with Crippen molar-refractivity contribution in [3.05, 3.63) is 190 Å². The van der Waals surface area contributed by atoms with Crippen molar-refractivity contribution in [2.75, 3.05) is 69.1 Å². The molecule has 2 amide bonds. The van der Waals surface area contributed by atoms with Gasteiger partial charge in [0.1, 0.15) is 11.5 Å². The third-order valence-corrected chi connectivity index (χ3v) is 13.7. The highest BCUT2D eigenvalue weighted by Crippen LogP contribution is 2.36. The number of amides is 2. The van der Waals surface area contributed by atoms with Gasteiger partial charge in [-0.15, -0.1) is 0 Å². The molecule has 0 unspecified atom stereocenters. The van der Waals surface area contributed by atoms with E-state index in [0.717, 1.165) is 122 Å². The predicted octanol–water partition coefficient (Wildman–Crippen LogP) is 10.7. The fourth-order valence-electron chi connectivity index (χ4n) is 9.45. The molecule has 2 aliphatic heterocycles. The lowest BCUT2D eigenvalue weighted by Gasteiger charge is -2.29. The first-order valence-corrected chi connectivity index (χ1v) is 26.4. The molecular weight excluding hydrogens is 897 g/mol. The number of sulfonamides is 1. The number of rotatable bonds is 16. The molecule has 0 bridgehead atoms. The highest BCUT2D eigenvalue weighted by Gasteiger charge is 2.23. The monoisotopic (exact) mass is 964 g/mol. The molecule has 13 heteroatoms. The average Bonchev–Trinajstić information content (AvgIpc) is 4.09. The molecule has 2 fully saturated rings. The SMILES string of the molecule is CCN(CC)C(=O)c1ccc(C(=C2CCN(Cc3ccco3)CC2)c2cccc(N)c2)cc1.CCN(CC)C(=O)c1ccc(C(=C2CCN(Cc3ccco3)CC2)c2cccc(NS(C)(=O)=O)c2)cc1. The Labute approximate surface area is 414 Å². The Bertz CT molecular complexity index is 2810. The molecule has 0 spiro atoms. The van der Waals surface area contributed by atoms with Crippen molar-refractivity contribution in [2.24, 2.45) is 0 Å². The fraction of sp³-hybridized carbons (Fsp3) is 0.333. The zero-order chi connectivity index (χ0) is 49.6. The maximum Gasteiger partial charge on any atom is 0.253 e. The van der Waals surface area contributed by atoms with Crippen LogP contribution in [0.3, 0.4) is 0 Å². The Morgan fingerprint density at radius 1 is 0.543 bits per heavy atom. The standard InChI is InChI=1S/C29H35N3O4S.C28H33N3O2/c1-4-32(5-2)29(33)24-13-11-22(12-14-24)28(25-8-6-9-26(20-25)30-37(3,34)35)23-15-17-31(18-16-23)21-27-10-7-19-36-27;1-3-31(4-2)28(32)23-12-10-21(11-13-23)27(24-7-5-8-25(29)19-24)22-14-16-30(17-15-22)20-26-9-6-18-33-26/h6-14,19-20,30H,4-5,15-18,21H2,1-3H3;5-13,18-19H,3-4,14-17,20,29H2,1-2H3. The summed E-state index contributed by atoms with van der Waals surface area (Å²) in [4.78, 5) is 34.1. The topological polar surface area (TPSA) is 146 Å². The lowest BCUT2D eigenvalue weighted by Crippen LogP contribution is -2.30. The van der Waals surface area contributed by atoms with Gasteiger partial charge >= 0.3 is 0 Å². The Morgan fingerprint density at radius 2 is 0.943 bits per heavy atom. The first kappa shape index (κ1) is 51.2. The summed E-state index contributed by atoms with van der Waals surface area (Å²) in [5.74, 6) is 2.07. The van der Waals surface area contributed by atoms with Crippen LogP contribution in [0.25, 0.3) is 11.1 Å².